The maximum absolute atomic E-state index is 13.7. The highest BCUT2D eigenvalue weighted by molar-refractivity contribution is 9.12. The normalized spacial score (nSPS) is 16.9. The van der Waals surface area contributed by atoms with Gasteiger partial charge in [-0.05, 0) is 35.0 Å². The van der Waals surface area contributed by atoms with Gasteiger partial charge in [-0.3, -0.25) is 4.98 Å². The zero-order chi connectivity index (χ0) is 18.7. The van der Waals surface area contributed by atoms with Gasteiger partial charge in [-0.2, -0.15) is 0 Å². The predicted octanol–water partition coefficient (Wildman–Crippen LogP) is 3.35. The highest BCUT2D eigenvalue weighted by Gasteiger charge is 2.21. The van der Waals surface area contributed by atoms with Crippen molar-refractivity contribution in [2.75, 3.05) is 5.73 Å². The van der Waals surface area contributed by atoms with Crippen LogP contribution in [0.25, 0.3) is 0 Å². The summed E-state index contributed by atoms with van der Waals surface area (Å²) in [5.41, 5.74) is 6.53. The Balaban J connectivity index is 1.65. The van der Waals surface area contributed by atoms with Crippen molar-refractivity contribution < 1.29 is 13.5 Å². The largest absolute Gasteiger partial charge is 0.472 e. The molecule has 1 aliphatic rings. The van der Waals surface area contributed by atoms with Crippen LogP contribution in [0, 0.1) is 11.6 Å². The Hall–Kier alpha value is -2.55. The van der Waals surface area contributed by atoms with Crippen LogP contribution >= 0.6 is 15.9 Å². The third-order valence-corrected chi connectivity index (χ3v) is 4.26. The molecule has 1 atom stereocenters. The Morgan fingerprint density at radius 2 is 2.08 bits per heavy atom. The van der Waals surface area contributed by atoms with Crippen molar-refractivity contribution >= 4 is 27.6 Å². The van der Waals surface area contributed by atoms with Crippen LogP contribution in [0.5, 0.6) is 0 Å². The van der Waals surface area contributed by atoms with E-state index in [0.29, 0.717) is 22.7 Å². The molecule has 0 bridgehead atoms. The number of hydrogen-bond acceptors (Lipinski definition) is 6. The number of rotatable bonds is 4. The molecular weight excluding hydrogens is 408 g/mol. The fourth-order valence-corrected chi connectivity index (χ4v) is 2.80. The number of nitrogen functional groups attached to an aromatic ring is 1. The number of nitrogens with zero attached hydrogens (tertiary/aromatic N) is 4. The van der Waals surface area contributed by atoms with Crippen LogP contribution in [0.3, 0.4) is 0 Å². The van der Waals surface area contributed by atoms with Gasteiger partial charge < -0.3 is 15.4 Å². The topological polar surface area (TPSA) is 76.6 Å². The fourth-order valence-electron chi connectivity index (χ4n) is 2.32. The second kappa shape index (κ2) is 7.77. The van der Waals surface area contributed by atoms with Gasteiger partial charge >= 0.3 is 0 Å². The summed E-state index contributed by atoms with van der Waals surface area (Å²) in [6.45, 7) is 2.33. The van der Waals surface area contributed by atoms with Crippen LogP contribution in [0.15, 0.2) is 46.3 Å². The molecule has 136 valence electrons. The van der Waals surface area contributed by atoms with E-state index in [-0.39, 0.29) is 18.3 Å². The molecule has 0 saturated carbocycles. The maximum Gasteiger partial charge on any atom is 0.227 e. The summed E-state index contributed by atoms with van der Waals surface area (Å²) in [4.78, 5) is 14.6. The number of nitrogens with two attached hydrogens (primary N) is 1. The summed E-state index contributed by atoms with van der Waals surface area (Å²) in [6.07, 6.45) is 4.71. The molecule has 3 rings (SSSR count). The van der Waals surface area contributed by atoms with Gasteiger partial charge in [-0.25, -0.2) is 18.8 Å². The molecule has 0 fully saturated rings. The molecule has 26 heavy (non-hydrogen) atoms. The van der Waals surface area contributed by atoms with E-state index in [1.807, 2.05) is 18.0 Å². The highest BCUT2D eigenvalue weighted by atomic mass is 79.9. The zero-order valence-electron chi connectivity index (χ0n) is 13.9. The molecule has 9 heteroatoms. The van der Waals surface area contributed by atoms with E-state index in [0.717, 1.165) is 11.8 Å². The average molecular weight is 424 g/mol. The van der Waals surface area contributed by atoms with Crippen LogP contribution in [-0.2, 0) is 17.9 Å². The van der Waals surface area contributed by atoms with Gasteiger partial charge in [-0.1, -0.05) is 0 Å². The molecule has 2 heterocycles. The lowest BCUT2D eigenvalue weighted by molar-refractivity contribution is 0.249. The molecule has 2 N–H and O–H groups in total. The lowest BCUT2D eigenvalue weighted by Crippen LogP contribution is -2.32. The maximum atomic E-state index is 13.7. The third kappa shape index (κ3) is 4.34. The molecule has 1 aliphatic heterocycles. The van der Waals surface area contributed by atoms with E-state index < -0.39 is 11.6 Å². The summed E-state index contributed by atoms with van der Waals surface area (Å²) in [6, 6.07) is 3.36. The Morgan fingerprint density at radius 3 is 2.77 bits per heavy atom. The molecule has 0 aliphatic carbocycles. The van der Waals surface area contributed by atoms with Crippen molar-refractivity contribution in [1.82, 2.24) is 14.9 Å². The molecule has 1 aromatic carbocycles. The van der Waals surface area contributed by atoms with E-state index in [4.69, 9.17) is 10.5 Å². The number of aliphatic imine (C=N–C) groups is 1. The fraction of sp³-hybridized carbons (Fsp3) is 0.235. The minimum Gasteiger partial charge on any atom is -0.472 e. The third-order valence-electron chi connectivity index (χ3n) is 3.72. The van der Waals surface area contributed by atoms with Crippen molar-refractivity contribution in [2.45, 2.75) is 26.2 Å². The summed E-state index contributed by atoms with van der Waals surface area (Å²) in [7, 11) is 0. The summed E-state index contributed by atoms with van der Waals surface area (Å²) in [5.74, 6) is -0.574. The second-order valence-electron chi connectivity index (χ2n) is 5.67. The van der Waals surface area contributed by atoms with Gasteiger partial charge in [0.15, 0.2) is 0 Å². The smallest absolute Gasteiger partial charge is 0.227 e. The van der Waals surface area contributed by atoms with Crippen molar-refractivity contribution in [3.05, 3.63) is 64.2 Å². The van der Waals surface area contributed by atoms with Crippen LogP contribution in [0.1, 0.15) is 18.2 Å². The first kappa shape index (κ1) is 18.2. The summed E-state index contributed by atoms with van der Waals surface area (Å²) < 4.78 is 32.9. The van der Waals surface area contributed by atoms with Crippen molar-refractivity contribution in [3.63, 3.8) is 0 Å². The van der Waals surface area contributed by atoms with Gasteiger partial charge in [0.25, 0.3) is 0 Å². The molecular formula is C17H16BrF2N5O. The zero-order valence-corrected chi connectivity index (χ0v) is 15.5. The quantitative estimate of drug-likeness (QED) is 0.815. The van der Waals surface area contributed by atoms with Crippen molar-refractivity contribution in [1.29, 1.82) is 0 Å². The Labute approximate surface area is 157 Å². The minimum absolute atomic E-state index is 0.0515. The van der Waals surface area contributed by atoms with E-state index in [1.165, 1.54) is 18.3 Å². The second-order valence-corrected chi connectivity index (χ2v) is 6.53. The Kier molecular flexibility index (Phi) is 5.46. The molecule has 1 aromatic heterocycles. The van der Waals surface area contributed by atoms with E-state index in [1.54, 1.807) is 6.20 Å². The molecule has 1 unspecified atom stereocenters. The minimum atomic E-state index is -0.655. The van der Waals surface area contributed by atoms with Gasteiger partial charge in [-0.15, -0.1) is 0 Å². The first-order chi connectivity index (χ1) is 12.4. The van der Waals surface area contributed by atoms with Crippen LogP contribution in [-0.4, -0.2) is 26.9 Å². The summed E-state index contributed by atoms with van der Waals surface area (Å²) in [5, 5.41) is 0. The van der Waals surface area contributed by atoms with Gasteiger partial charge in [0.2, 0.25) is 5.90 Å². The Morgan fingerprint density at radius 1 is 1.27 bits per heavy atom. The monoisotopic (exact) mass is 423 g/mol. The standard InChI is InChI=1S/C17H16BrF2N5O/c1-10-24-17(26-9-11-2-3-12(19)4-15(11)20)14(18)8-25(10)7-13-5-23-16(21)6-22-13/h2-6,8,10H,7,9H2,1H3,(H2,21,23). The van der Waals surface area contributed by atoms with Crippen molar-refractivity contribution in [3.8, 4) is 0 Å². The van der Waals surface area contributed by atoms with Gasteiger partial charge in [0, 0.05) is 17.8 Å². The highest BCUT2D eigenvalue weighted by Crippen LogP contribution is 2.22. The number of ether oxygens (including phenoxy) is 1. The molecule has 0 spiro atoms. The van der Waals surface area contributed by atoms with Gasteiger partial charge in [0.05, 0.1) is 29.1 Å². The average Bonchev–Trinajstić information content (AvgIpc) is 2.60. The number of hydrogen-bond donors (Lipinski definition) is 1. The molecule has 0 amide bonds. The number of anilines is 1. The molecule has 0 saturated heterocycles. The summed E-state index contributed by atoms with van der Waals surface area (Å²) >= 11 is 3.41. The number of aromatic nitrogens is 2. The van der Waals surface area contributed by atoms with Crippen LogP contribution in [0.4, 0.5) is 14.6 Å². The SMILES string of the molecule is CC1N=C(OCc2ccc(F)cc2F)C(Br)=CN1Cc1cnc(N)cn1. The molecule has 2 aromatic rings. The van der Waals surface area contributed by atoms with E-state index in [2.05, 4.69) is 30.9 Å². The Bertz CT molecular complexity index is 857. The van der Waals surface area contributed by atoms with Crippen LogP contribution < -0.4 is 5.73 Å². The van der Waals surface area contributed by atoms with E-state index in [9.17, 15) is 8.78 Å². The first-order valence-electron chi connectivity index (χ1n) is 7.76. The van der Waals surface area contributed by atoms with E-state index >= 15 is 0 Å². The molecule has 6 nitrogen and oxygen atoms in total. The van der Waals surface area contributed by atoms with Gasteiger partial charge in [0.1, 0.15) is 30.2 Å². The first-order valence-corrected chi connectivity index (χ1v) is 8.56. The predicted molar refractivity (Wildman–Crippen MR) is 97.0 cm³/mol. The lowest BCUT2D eigenvalue weighted by Gasteiger charge is -2.29. The number of benzene rings is 1. The number of halogens is 3. The van der Waals surface area contributed by atoms with Crippen LogP contribution in [0.2, 0.25) is 0 Å². The van der Waals surface area contributed by atoms with Crippen molar-refractivity contribution in [2.24, 2.45) is 4.99 Å². The lowest BCUT2D eigenvalue weighted by atomic mass is 10.2. The molecule has 0 radical (unpaired) electrons.